The van der Waals surface area contributed by atoms with Crippen LogP contribution in [0.2, 0.25) is 0 Å². The Bertz CT molecular complexity index is 2020. The molecule has 1 unspecified atom stereocenters. The highest BCUT2D eigenvalue weighted by molar-refractivity contribution is 6.21. The Labute approximate surface area is 234 Å². The van der Waals surface area contributed by atoms with E-state index >= 15 is 0 Å². The number of rotatable bonds is 2. The Morgan fingerprint density at radius 1 is 0.725 bits per heavy atom. The van der Waals surface area contributed by atoms with Crippen molar-refractivity contribution in [2.45, 2.75) is 25.2 Å². The van der Waals surface area contributed by atoms with Crippen LogP contribution in [0.5, 0.6) is 0 Å². The van der Waals surface area contributed by atoms with Crippen molar-refractivity contribution in [1.29, 1.82) is 0 Å². The SMILES string of the molecule is C/C1=C\C=C/C=CC2(C3=CCCc4c3c3c2cccc3c2ccc(C(=O)c3ccccc3)cc42)c2ccccc21. The molecule has 8 rings (SSSR count). The normalized spacial score (nSPS) is 20.8. The molecule has 0 aromatic heterocycles. The van der Waals surface area contributed by atoms with Gasteiger partial charge in [0.25, 0.3) is 0 Å². The van der Waals surface area contributed by atoms with Crippen molar-refractivity contribution < 1.29 is 4.79 Å². The average molecular weight is 513 g/mol. The van der Waals surface area contributed by atoms with Gasteiger partial charge in [0.1, 0.15) is 0 Å². The maximum Gasteiger partial charge on any atom is 0.193 e. The number of ketones is 1. The second-order valence-corrected chi connectivity index (χ2v) is 11.1. The molecule has 0 saturated carbocycles. The Kier molecular flexibility index (Phi) is 5.00. The highest BCUT2D eigenvalue weighted by atomic mass is 16.1. The minimum absolute atomic E-state index is 0.0743. The maximum atomic E-state index is 13.5. The number of allylic oxidation sites excluding steroid dienone is 8. The molecule has 0 radical (unpaired) electrons. The van der Waals surface area contributed by atoms with Crippen molar-refractivity contribution in [3.05, 3.63) is 166 Å². The van der Waals surface area contributed by atoms with E-state index in [1.807, 2.05) is 36.4 Å². The lowest BCUT2D eigenvalue weighted by atomic mass is 9.68. The second-order valence-electron chi connectivity index (χ2n) is 11.1. The average Bonchev–Trinajstić information content (AvgIpc) is 3.34. The van der Waals surface area contributed by atoms with Gasteiger partial charge in [-0.1, -0.05) is 121 Å². The zero-order valence-electron chi connectivity index (χ0n) is 22.4. The molecule has 3 aliphatic carbocycles. The van der Waals surface area contributed by atoms with Gasteiger partial charge in [-0.2, -0.15) is 0 Å². The standard InChI is InChI=1S/C39H28O/c1-25-12-4-3-9-23-39(33-18-8-7-15-28(25)33)34-19-10-16-30-29-22-21-27(38(40)26-13-5-2-6-14-26)24-32(29)31-17-11-20-35(39)37(31)36(30)34/h2-10,12-16,18-24H,11,17H2,1H3/b4-3-,23-9?,25-12+. The predicted molar refractivity (Wildman–Crippen MR) is 167 cm³/mol. The first kappa shape index (κ1) is 23.2. The first-order chi connectivity index (χ1) is 19.7. The molecule has 1 spiro atoms. The maximum absolute atomic E-state index is 13.5. The lowest BCUT2D eigenvalue weighted by Crippen LogP contribution is -2.26. The van der Waals surface area contributed by atoms with Crippen molar-refractivity contribution in [2.75, 3.05) is 0 Å². The number of fused-ring (bicyclic) bond motifs is 7. The zero-order valence-corrected chi connectivity index (χ0v) is 22.4. The van der Waals surface area contributed by atoms with Gasteiger partial charge in [0, 0.05) is 11.1 Å². The van der Waals surface area contributed by atoms with Crippen LogP contribution in [0.25, 0.3) is 32.7 Å². The summed E-state index contributed by atoms with van der Waals surface area (Å²) in [5.41, 5.74) is 10.5. The quantitative estimate of drug-likeness (QED) is 0.170. The molecule has 0 aliphatic heterocycles. The van der Waals surface area contributed by atoms with Crippen LogP contribution < -0.4 is 0 Å². The molecular formula is C39H28O. The van der Waals surface area contributed by atoms with Crippen LogP contribution in [0.3, 0.4) is 0 Å². The molecule has 1 atom stereocenters. The summed E-state index contributed by atoms with van der Waals surface area (Å²) < 4.78 is 0. The third-order valence-corrected chi connectivity index (χ3v) is 9.10. The monoisotopic (exact) mass is 512 g/mol. The molecule has 1 nitrogen and oxygen atoms in total. The Hall–Kier alpha value is -4.75. The van der Waals surface area contributed by atoms with E-state index in [-0.39, 0.29) is 11.2 Å². The summed E-state index contributed by atoms with van der Waals surface area (Å²) >= 11 is 0. The van der Waals surface area contributed by atoms with E-state index in [9.17, 15) is 4.79 Å². The summed E-state index contributed by atoms with van der Waals surface area (Å²) in [5.74, 6) is 0.0743. The molecule has 0 N–H and O–H groups in total. The van der Waals surface area contributed by atoms with E-state index in [4.69, 9.17) is 0 Å². The minimum Gasteiger partial charge on any atom is -0.289 e. The molecule has 0 fully saturated rings. The van der Waals surface area contributed by atoms with Crippen molar-refractivity contribution >= 4 is 38.5 Å². The molecule has 0 heterocycles. The van der Waals surface area contributed by atoms with E-state index in [0.29, 0.717) is 0 Å². The van der Waals surface area contributed by atoms with Gasteiger partial charge in [-0.05, 0) is 86.3 Å². The first-order valence-electron chi connectivity index (χ1n) is 14.1. The number of hydrogen-bond donors (Lipinski definition) is 0. The first-order valence-corrected chi connectivity index (χ1v) is 14.1. The van der Waals surface area contributed by atoms with Gasteiger partial charge in [0.2, 0.25) is 0 Å². The Morgan fingerprint density at radius 2 is 1.55 bits per heavy atom. The Balaban J connectivity index is 1.46. The van der Waals surface area contributed by atoms with Crippen LogP contribution in [-0.4, -0.2) is 5.78 Å². The summed E-state index contributed by atoms with van der Waals surface area (Å²) in [6.45, 7) is 2.21. The fourth-order valence-electron chi connectivity index (χ4n) is 7.39. The molecule has 0 bridgehead atoms. The van der Waals surface area contributed by atoms with Crippen molar-refractivity contribution in [1.82, 2.24) is 0 Å². The van der Waals surface area contributed by atoms with Crippen LogP contribution in [0.1, 0.15) is 57.1 Å². The number of carbonyl (C=O) groups is 1. The summed E-state index contributed by atoms with van der Waals surface area (Å²) in [5, 5.41) is 5.07. The van der Waals surface area contributed by atoms with Crippen LogP contribution in [-0.2, 0) is 11.8 Å². The van der Waals surface area contributed by atoms with Crippen molar-refractivity contribution in [2.24, 2.45) is 0 Å². The van der Waals surface area contributed by atoms with Crippen LogP contribution in [0, 0.1) is 0 Å². The lowest BCUT2D eigenvalue weighted by molar-refractivity contribution is 0.103. The molecule has 5 aromatic carbocycles. The second kappa shape index (κ2) is 8.63. The van der Waals surface area contributed by atoms with Gasteiger partial charge in [0.15, 0.2) is 5.78 Å². The Morgan fingerprint density at radius 3 is 2.45 bits per heavy atom. The summed E-state index contributed by atoms with van der Waals surface area (Å²) in [6, 6.07) is 31.7. The summed E-state index contributed by atoms with van der Waals surface area (Å²) in [7, 11) is 0. The third kappa shape index (κ3) is 3.06. The smallest absolute Gasteiger partial charge is 0.193 e. The minimum atomic E-state index is -0.378. The van der Waals surface area contributed by atoms with Crippen LogP contribution in [0.15, 0.2) is 127 Å². The van der Waals surface area contributed by atoms with Gasteiger partial charge in [0.05, 0.1) is 5.41 Å². The molecule has 5 aromatic rings. The van der Waals surface area contributed by atoms with Crippen LogP contribution in [0.4, 0.5) is 0 Å². The zero-order chi connectivity index (χ0) is 26.8. The molecular weight excluding hydrogens is 484 g/mol. The van der Waals surface area contributed by atoms with Crippen molar-refractivity contribution in [3.8, 4) is 0 Å². The van der Waals surface area contributed by atoms with Gasteiger partial charge >= 0.3 is 0 Å². The number of hydrogen-bond acceptors (Lipinski definition) is 1. The lowest BCUT2D eigenvalue weighted by Gasteiger charge is -2.34. The molecule has 190 valence electrons. The van der Waals surface area contributed by atoms with E-state index in [0.717, 1.165) is 24.0 Å². The molecule has 3 aliphatic rings. The number of benzene rings is 5. The van der Waals surface area contributed by atoms with E-state index in [1.165, 1.54) is 60.5 Å². The topological polar surface area (TPSA) is 17.1 Å². The number of aryl methyl sites for hydroxylation is 1. The highest BCUT2D eigenvalue weighted by Gasteiger charge is 2.46. The molecule has 40 heavy (non-hydrogen) atoms. The van der Waals surface area contributed by atoms with E-state index < -0.39 is 0 Å². The predicted octanol–water partition coefficient (Wildman–Crippen LogP) is 9.38. The van der Waals surface area contributed by atoms with E-state index in [2.05, 4.69) is 98.0 Å². The fourth-order valence-corrected chi connectivity index (χ4v) is 7.39. The van der Waals surface area contributed by atoms with Gasteiger partial charge in [-0.15, -0.1) is 0 Å². The summed E-state index contributed by atoms with van der Waals surface area (Å²) in [6.07, 6.45) is 15.6. The van der Waals surface area contributed by atoms with Crippen molar-refractivity contribution in [3.63, 3.8) is 0 Å². The third-order valence-electron chi connectivity index (χ3n) is 9.10. The fraction of sp³-hybridized carbons (Fsp3) is 0.103. The molecule has 1 heteroatoms. The molecule has 0 amide bonds. The van der Waals surface area contributed by atoms with E-state index in [1.54, 1.807) is 0 Å². The summed E-state index contributed by atoms with van der Waals surface area (Å²) in [4.78, 5) is 13.5. The van der Waals surface area contributed by atoms with Gasteiger partial charge in [-0.3, -0.25) is 4.79 Å². The van der Waals surface area contributed by atoms with Gasteiger partial charge in [-0.25, -0.2) is 0 Å². The van der Waals surface area contributed by atoms with Gasteiger partial charge < -0.3 is 0 Å². The molecule has 0 saturated heterocycles. The largest absolute Gasteiger partial charge is 0.289 e. The van der Waals surface area contributed by atoms with Crippen LogP contribution >= 0.6 is 0 Å². The highest BCUT2D eigenvalue weighted by Crippen LogP contribution is 2.59. The number of carbonyl (C=O) groups excluding carboxylic acids is 1.